The van der Waals surface area contributed by atoms with Gasteiger partial charge < -0.3 is 0 Å². The van der Waals surface area contributed by atoms with E-state index in [1.165, 1.54) is 205 Å². The quantitative estimate of drug-likeness (QED) is 0.183. The topological polar surface area (TPSA) is 0 Å². The van der Waals surface area contributed by atoms with Gasteiger partial charge in [0.2, 0.25) is 0 Å². The summed E-state index contributed by atoms with van der Waals surface area (Å²) in [5.41, 5.74) is 2.55. The first-order valence-electron chi connectivity index (χ1n) is 31.5. The second-order valence-electron chi connectivity index (χ2n) is 25.7. The summed E-state index contributed by atoms with van der Waals surface area (Å²) in [6, 6.07) is 0. The molecule has 7 saturated carbocycles. The van der Waals surface area contributed by atoms with E-state index in [2.05, 4.69) is 41.5 Å². The molecular weight excluding hydrogens is 769 g/mol. The van der Waals surface area contributed by atoms with Crippen molar-refractivity contribution in [2.75, 3.05) is 0 Å². The van der Waals surface area contributed by atoms with Gasteiger partial charge in [0.05, 0.1) is 0 Å². The van der Waals surface area contributed by atoms with Gasteiger partial charge >= 0.3 is 0 Å². The third kappa shape index (κ3) is 8.79. The van der Waals surface area contributed by atoms with E-state index in [1.807, 2.05) is 0 Å². The van der Waals surface area contributed by atoms with E-state index in [9.17, 15) is 0 Å². The Bertz CT molecular complexity index is 1190. The predicted molar refractivity (Wildman–Crippen MR) is 282 cm³/mol. The maximum Gasteiger partial charge on any atom is -0.0143 e. The molecule has 0 aromatic carbocycles. The van der Waals surface area contributed by atoms with Crippen LogP contribution < -0.4 is 0 Å². The first kappa shape index (κ1) is 51.8. The highest BCUT2D eigenvalue weighted by atomic mass is 14.8. The van der Waals surface area contributed by atoms with Crippen molar-refractivity contribution in [3.63, 3.8) is 0 Å². The Morgan fingerprint density at radius 1 is 0.203 bits per heavy atom. The lowest BCUT2D eigenvalue weighted by molar-refractivity contribution is -0.341. The van der Waals surface area contributed by atoms with Crippen LogP contribution in [0.1, 0.15) is 337 Å². The molecule has 372 valence electrons. The maximum atomic E-state index is 2.99. The van der Waals surface area contributed by atoms with E-state index in [0.717, 1.165) is 35.5 Å². The maximum absolute atomic E-state index is 2.99. The van der Waals surface area contributed by atoms with Crippen LogP contribution in [0.15, 0.2) is 0 Å². The Morgan fingerprint density at radius 3 is 0.609 bits per heavy atom. The summed E-state index contributed by atoms with van der Waals surface area (Å²) in [5.74, 6) is 5.58. The average Bonchev–Trinajstić information content (AvgIpc) is 3.37. The molecule has 6 atom stereocenters. The van der Waals surface area contributed by atoms with Crippen LogP contribution in [0.2, 0.25) is 0 Å². The van der Waals surface area contributed by atoms with Crippen molar-refractivity contribution in [2.45, 2.75) is 337 Å². The van der Waals surface area contributed by atoms with Crippen molar-refractivity contribution < 1.29 is 0 Å². The molecule has 0 nitrogen and oxygen atoms in total. The molecule has 0 spiro atoms. The highest BCUT2D eigenvalue weighted by Gasteiger charge is 2.79. The standard InChI is InChI=1S/C64H116/c1-7-59(53-39-25-19-26-40-53)51-37-17-15-13-14-16-18-38-52-60(8-2,54-41-27-20-28-42-54)62(10-4,56-45-31-22-32-46-56)64(12-6,58-49-35-24-36-50-58)63(11-5,57-47-33-23-34-48-57)61(59,9-3)55-43-29-21-30-44-55/h53-58H,7-52H2,1-6H3. The number of rotatable bonds is 12. The van der Waals surface area contributed by atoms with Crippen molar-refractivity contribution in [1.29, 1.82) is 0 Å². The van der Waals surface area contributed by atoms with Gasteiger partial charge in [-0.15, -0.1) is 0 Å². The summed E-state index contributed by atoms with van der Waals surface area (Å²) in [6.45, 7) is 17.6. The summed E-state index contributed by atoms with van der Waals surface area (Å²) in [4.78, 5) is 0. The molecule has 0 aromatic rings. The van der Waals surface area contributed by atoms with Crippen LogP contribution in [0.25, 0.3) is 0 Å². The minimum absolute atomic E-state index is 0.390. The molecule has 0 amide bonds. The molecule has 0 N–H and O–H groups in total. The first-order chi connectivity index (χ1) is 31.5. The second-order valence-corrected chi connectivity index (χ2v) is 25.7. The first-order valence-corrected chi connectivity index (χ1v) is 31.5. The molecule has 0 aliphatic heterocycles. The minimum atomic E-state index is 0.390. The fraction of sp³-hybridized carbons (Fsp3) is 1.00. The average molecular weight is 886 g/mol. The van der Waals surface area contributed by atoms with Crippen LogP contribution in [0.4, 0.5) is 0 Å². The van der Waals surface area contributed by atoms with Gasteiger partial charge in [-0.2, -0.15) is 0 Å². The minimum Gasteiger partial charge on any atom is -0.0648 e. The molecule has 0 heterocycles. The monoisotopic (exact) mass is 885 g/mol. The van der Waals surface area contributed by atoms with Crippen LogP contribution >= 0.6 is 0 Å². The van der Waals surface area contributed by atoms with Gasteiger partial charge in [0.25, 0.3) is 0 Å². The van der Waals surface area contributed by atoms with Crippen LogP contribution in [0, 0.1) is 68.0 Å². The lowest BCUT2D eigenvalue weighted by Gasteiger charge is -2.82. The Hall–Kier alpha value is 0. The van der Waals surface area contributed by atoms with Crippen LogP contribution in [0.3, 0.4) is 0 Å². The fourth-order valence-electron chi connectivity index (χ4n) is 23.2. The van der Waals surface area contributed by atoms with Gasteiger partial charge in [-0.05, 0) is 196 Å². The third-order valence-electron chi connectivity index (χ3n) is 24.6. The smallest absolute Gasteiger partial charge is 0.0143 e. The Kier molecular flexibility index (Phi) is 19.6. The molecular formula is C64H116. The lowest BCUT2D eigenvalue weighted by atomic mass is 9.22. The molecule has 64 heavy (non-hydrogen) atoms. The highest BCUT2D eigenvalue weighted by Crippen LogP contribution is 2.86. The summed E-state index contributed by atoms with van der Waals surface area (Å²) >= 11 is 0. The van der Waals surface area contributed by atoms with E-state index in [-0.39, 0.29) is 0 Å². The molecule has 0 bridgehead atoms. The van der Waals surface area contributed by atoms with Crippen LogP contribution in [-0.4, -0.2) is 0 Å². The van der Waals surface area contributed by atoms with Gasteiger partial charge in [0, 0.05) is 0 Å². The molecule has 7 aliphatic rings. The number of hydrogen-bond donors (Lipinski definition) is 0. The lowest BCUT2D eigenvalue weighted by Crippen LogP contribution is -2.76. The van der Waals surface area contributed by atoms with E-state index < -0.39 is 0 Å². The van der Waals surface area contributed by atoms with Gasteiger partial charge in [-0.25, -0.2) is 0 Å². The Labute approximate surface area is 403 Å². The van der Waals surface area contributed by atoms with Gasteiger partial charge in [-0.3, -0.25) is 0 Å². The SMILES string of the molecule is CCC1(C2CCCCC2)CCCCCCCCCCC(CC)(C2CCCCC2)C(CC)(C2CCCCC2)C(CC)(C2CCCCC2)C(CC)(C2CCCCC2)C1(CC)C1CCCCC1. The molecule has 0 aromatic heterocycles. The molecule has 6 unspecified atom stereocenters. The van der Waals surface area contributed by atoms with Crippen LogP contribution in [0.5, 0.6) is 0 Å². The predicted octanol–water partition coefficient (Wildman–Crippen LogP) is 21.8. The molecule has 7 rings (SSSR count). The molecule has 0 heteroatoms. The highest BCUT2D eigenvalue weighted by molar-refractivity contribution is 5.27. The third-order valence-corrected chi connectivity index (χ3v) is 24.6. The normalized spacial score (nSPS) is 39.5. The van der Waals surface area contributed by atoms with E-state index in [1.54, 1.807) is 89.9 Å². The molecule has 7 fully saturated rings. The fourth-order valence-corrected chi connectivity index (χ4v) is 23.2. The van der Waals surface area contributed by atoms with Crippen molar-refractivity contribution in [1.82, 2.24) is 0 Å². The van der Waals surface area contributed by atoms with Crippen molar-refractivity contribution >= 4 is 0 Å². The van der Waals surface area contributed by atoms with E-state index >= 15 is 0 Å². The summed E-state index contributed by atoms with van der Waals surface area (Å²) in [6.07, 6.45) is 70.7. The van der Waals surface area contributed by atoms with E-state index in [4.69, 9.17) is 0 Å². The molecule has 0 radical (unpaired) electrons. The number of hydrogen-bond acceptors (Lipinski definition) is 0. The zero-order valence-corrected chi connectivity index (χ0v) is 45.0. The molecule has 7 aliphatic carbocycles. The van der Waals surface area contributed by atoms with Crippen molar-refractivity contribution in [3.05, 3.63) is 0 Å². The second kappa shape index (κ2) is 24.2. The van der Waals surface area contributed by atoms with Crippen molar-refractivity contribution in [3.8, 4) is 0 Å². The molecule has 0 saturated heterocycles. The van der Waals surface area contributed by atoms with Gasteiger partial charge in [-0.1, -0.05) is 208 Å². The zero-order chi connectivity index (χ0) is 45.0. The summed E-state index contributed by atoms with van der Waals surface area (Å²) < 4.78 is 0. The van der Waals surface area contributed by atoms with Crippen molar-refractivity contribution in [2.24, 2.45) is 68.0 Å². The van der Waals surface area contributed by atoms with E-state index in [0.29, 0.717) is 32.5 Å². The Balaban J connectivity index is 1.71. The summed E-state index contributed by atoms with van der Waals surface area (Å²) in [7, 11) is 0. The van der Waals surface area contributed by atoms with Crippen LogP contribution in [-0.2, 0) is 0 Å². The van der Waals surface area contributed by atoms with Gasteiger partial charge in [0.1, 0.15) is 0 Å². The van der Waals surface area contributed by atoms with Gasteiger partial charge in [0.15, 0.2) is 0 Å². The summed E-state index contributed by atoms with van der Waals surface area (Å²) in [5, 5.41) is 0. The largest absolute Gasteiger partial charge is 0.0648 e. The zero-order valence-electron chi connectivity index (χ0n) is 45.0. The Morgan fingerprint density at radius 2 is 0.391 bits per heavy atom.